The van der Waals surface area contributed by atoms with Crippen LogP contribution in [0.25, 0.3) is 0 Å². The molecule has 0 aromatic heterocycles. The summed E-state index contributed by atoms with van der Waals surface area (Å²) in [5.74, 6) is 0.324. The van der Waals surface area contributed by atoms with Crippen molar-refractivity contribution >= 4 is 0 Å². The number of hydrogen-bond acceptors (Lipinski definition) is 1. The quantitative estimate of drug-likeness (QED) is 0.660. The monoisotopic (exact) mass is 220 g/mol. The summed E-state index contributed by atoms with van der Waals surface area (Å²) in [6.45, 7) is 13.2. The molecule has 0 radical (unpaired) electrons. The van der Waals surface area contributed by atoms with Crippen molar-refractivity contribution in [3.8, 4) is 0 Å². The molecule has 3 atom stereocenters. The van der Waals surface area contributed by atoms with Gasteiger partial charge in [0.2, 0.25) is 0 Å². The molecule has 1 nitrogen and oxygen atoms in total. The van der Waals surface area contributed by atoms with Gasteiger partial charge in [-0.25, -0.2) is 0 Å². The Kier molecular flexibility index (Phi) is 2.58. The van der Waals surface area contributed by atoms with E-state index in [-0.39, 0.29) is 16.9 Å². The lowest BCUT2D eigenvalue weighted by Gasteiger charge is -2.55. The molecule has 0 heterocycles. The van der Waals surface area contributed by atoms with Crippen molar-refractivity contribution in [2.75, 3.05) is 0 Å². The molecule has 90 valence electrons. The first-order valence-electron chi connectivity index (χ1n) is 6.35. The van der Waals surface area contributed by atoms with Crippen LogP contribution in [0.4, 0.5) is 0 Å². The highest BCUT2D eigenvalue weighted by atomic mass is 16.3. The molecule has 2 rings (SSSR count). The van der Waals surface area contributed by atoms with Crippen LogP contribution in [0.5, 0.6) is 0 Å². The second kappa shape index (κ2) is 3.46. The van der Waals surface area contributed by atoms with Crippen LogP contribution in [0.2, 0.25) is 0 Å². The van der Waals surface area contributed by atoms with Crippen LogP contribution < -0.4 is 0 Å². The third-order valence-electron chi connectivity index (χ3n) is 4.97. The fourth-order valence-corrected chi connectivity index (χ4v) is 4.17. The largest absolute Gasteiger partial charge is 0.389 e. The summed E-state index contributed by atoms with van der Waals surface area (Å²) in [4.78, 5) is 0. The van der Waals surface area contributed by atoms with Crippen molar-refractivity contribution in [1.29, 1.82) is 0 Å². The van der Waals surface area contributed by atoms with Crippen molar-refractivity contribution in [2.24, 2.45) is 16.7 Å². The third kappa shape index (κ3) is 1.48. The molecule has 0 spiro atoms. The van der Waals surface area contributed by atoms with Gasteiger partial charge in [-0.3, -0.25) is 0 Å². The summed E-state index contributed by atoms with van der Waals surface area (Å²) in [6, 6.07) is 0. The van der Waals surface area contributed by atoms with Gasteiger partial charge in [0.05, 0.1) is 6.10 Å². The molecular formula is C15H24O. The highest BCUT2D eigenvalue weighted by Crippen LogP contribution is 2.58. The number of fused-ring (bicyclic) bond motifs is 1. The van der Waals surface area contributed by atoms with E-state index >= 15 is 0 Å². The summed E-state index contributed by atoms with van der Waals surface area (Å²) in [5, 5.41) is 10.4. The molecule has 0 aromatic rings. The standard InChI is InChI=1S/C15H24O/c1-10-9-12(16)13-14(3,4)7-6-8-15(13,5)11(10)2/h9,12-13,16H,2,6-8H2,1,3-5H3/t12-,13+,15-/m1/s1. The summed E-state index contributed by atoms with van der Waals surface area (Å²) in [7, 11) is 0. The maximum absolute atomic E-state index is 10.4. The first-order chi connectivity index (χ1) is 7.29. The topological polar surface area (TPSA) is 20.2 Å². The van der Waals surface area contributed by atoms with Crippen molar-refractivity contribution in [3.63, 3.8) is 0 Å². The van der Waals surface area contributed by atoms with Crippen LogP contribution in [-0.4, -0.2) is 11.2 Å². The summed E-state index contributed by atoms with van der Waals surface area (Å²) in [6.07, 6.45) is 5.33. The van der Waals surface area contributed by atoms with Crippen molar-refractivity contribution in [1.82, 2.24) is 0 Å². The SMILES string of the molecule is C=C1C(C)=C[C@@H](O)[C@H]2C(C)(C)CCC[C@]12C. The molecule has 1 N–H and O–H groups in total. The lowest BCUT2D eigenvalue weighted by Crippen LogP contribution is -2.50. The van der Waals surface area contributed by atoms with E-state index in [0.29, 0.717) is 5.92 Å². The molecule has 0 saturated heterocycles. The molecule has 0 amide bonds. The smallest absolute Gasteiger partial charge is 0.0768 e. The molecule has 1 saturated carbocycles. The molecule has 0 bridgehead atoms. The lowest BCUT2D eigenvalue weighted by molar-refractivity contribution is -0.0486. The average molecular weight is 220 g/mol. The van der Waals surface area contributed by atoms with Gasteiger partial charge in [0.15, 0.2) is 0 Å². The van der Waals surface area contributed by atoms with Crippen LogP contribution in [0.1, 0.15) is 47.0 Å². The van der Waals surface area contributed by atoms with E-state index in [4.69, 9.17) is 0 Å². The summed E-state index contributed by atoms with van der Waals surface area (Å²) in [5.41, 5.74) is 2.74. The first-order valence-corrected chi connectivity index (χ1v) is 6.35. The van der Waals surface area contributed by atoms with E-state index < -0.39 is 0 Å². The van der Waals surface area contributed by atoms with E-state index in [0.717, 1.165) is 0 Å². The first kappa shape index (κ1) is 11.9. The molecule has 0 unspecified atom stereocenters. The Balaban J connectivity index is 2.51. The molecule has 1 heteroatoms. The maximum Gasteiger partial charge on any atom is 0.0768 e. The van der Waals surface area contributed by atoms with Gasteiger partial charge >= 0.3 is 0 Å². The van der Waals surface area contributed by atoms with Crippen LogP contribution in [0.3, 0.4) is 0 Å². The van der Waals surface area contributed by atoms with E-state index in [1.807, 2.05) is 6.08 Å². The molecular weight excluding hydrogens is 196 g/mol. The van der Waals surface area contributed by atoms with Crippen molar-refractivity contribution in [2.45, 2.75) is 53.1 Å². The van der Waals surface area contributed by atoms with Crippen molar-refractivity contribution < 1.29 is 5.11 Å². The van der Waals surface area contributed by atoms with Crippen molar-refractivity contribution in [3.05, 3.63) is 23.8 Å². The minimum Gasteiger partial charge on any atom is -0.389 e. The average Bonchev–Trinajstić information content (AvgIpc) is 2.12. The highest BCUT2D eigenvalue weighted by Gasteiger charge is 2.52. The zero-order chi connectivity index (χ0) is 12.1. The number of hydrogen-bond donors (Lipinski definition) is 1. The fraction of sp³-hybridized carbons (Fsp3) is 0.733. The molecule has 2 aliphatic rings. The predicted octanol–water partition coefficient (Wildman–Crippen LogP) is 3.70. The molecule has 0 aromatic carbocycles. The fourth-order valence-electron chi connectivity index (χ4n) is 4.17. The minimum absolute atomic E-state index is 0.0972. The minimum atomic E-state index is -0.300. The molecule has 0 aliphatic heterocycles. The van der Waals surface area contributed by atoms with Crippen LogP contribution >= 0.6 is 0 Å². The third-order valence-corrected chi connectivity index (χ3v) is 4.97. The Labute approximate surface area is 99.3 Å². The predicted molar refractivity (Wildman–Crippen MR) is 68.1 cm³/mol. The number of aliphatic hydroxyl groups excluding tert-OH is 1. The highest BCUT2D eigenvalue weighted by molar-refractivity contribution is 5.39. The Hall–Kier alpha value is -0.560. The van der Waals surface area contributed by atoms with Crippen LogP contribution in [0.15, 0.2) is 23.8 Å². The Morgan fingerprint density at radius 3 is 2.56 bits per heavy atom. The number of aliphatic hydroxyl groups is 1. The van der Waals surface area contributed by atoms with E-state index in [1.54, 1.807) is 0 Å². The van der Waals surface area contributed by atoms with E-state index in [9.17, 15) is 5.11 Å². The van der Waals surface area contributed by atoms with E-state index in [1.165, 1.54) is 30.4 Å². The molecule has 1 fully saturated rings. The van der Waals surface area contributed by atoms with Crippen LogP contribution in [0, 0.1) is 16.7 Å². The zero-order valence-corrected chi connectivity index (χ0v) is 11.0. The summed E-state index contributed by atoms with van der Waals surface area (Å²) >= 11 is 0. The zero-order valence-electron chi connectivity index (χ0n) is 11.0. The second-order valence-electron chi connectivity index (χ2n) is 6.56. The van der Waals surface area contributed by atoms with Gasteiger partial charge in [-0.2, -0.15) is 0 Å². The van der Waals surface area contributed by atoms with Gasteiger partial charge < -0.3 is 5.11 Å². The second-order valence-corrected chi connectivity index (χ2v) is 6.56. The molecule has 2 aliphatic carbocycles. The van der Waals surface area contributed by atoms with Gasteiger partial charge in [0.1, 0.15) is 0 Å². The maximum atomic E-state index is 10.4. The normalized spacial score (nSPS) is 42.6. The van der Waals surface area contributed by atoms with Gasteiger partial charge in [-0.05, 0) is 41.7 Å². The number of rotatable bonds is 0. The van der Waals surface area contributed by atoms with Gasteiger partial charge in [-0.1, -0.05) is 39.8 Å². The molecule has 16 heavy (non-hydrogen) atoms. The number of allylic oxidation sites excluding steroid dienone is 2. The summed E-state index contributed by atoms with van der Waals surface area (Å²) < 4.78 is 0. The van der Waals surface area contributed by atoms with E-state index in [2.05, 4.69) is 34.3 Å². The van der Waals surface area contributed by atoms with Gasteiger partial charge in [0.25, 0.3) is 0 Å². The van der Waals surface area contributed by atoms with Crippen LogP contribution in [-0.2, 0) is 0 Å². The Bertz CT molecular complexity index is 350. The van der Waals surface area contributed by atoms with Gasteiger partial charge in [0, 0.05) is 5.92 Å². The Morgan fingerprint density at radius 2 is 1.94 bits per heavy atom. The Morgan fingerprint density at radius 1 is 1.31 bits per heavy atom. The van der Waals surface area contributed by atoms with Gasteiger partial charge in [-0.15, -0.1) is 0 Å². The lowest BCUT2D eigenvalue weighted by atomic mass is 9.50.